The highest BCUT2D eigenvalue weighted by molar-refractivity contribution is 5.79. The number of nitrogens with one attached hydrogen (secondary N) is 1. The summed E-state index contributed by atoms with van der Waals surface area (Å²) in [7, 11) is 0. The standard InChI is InChI=1S/C38H54N2O3/c1-24-20-34-36(40(23-24)19-18-39-35(42)13-10-27-8-6-5-7-9-27)26(3)38(43-34)17-15-30-31-12-11-28-21-29(41)14-16-37(28,4)33(31)22-32(30)25(38)2/h5-9,24,26,28,30-31,33-34,36H,10-23H2,1-4H3,(H,39,42)/t24-,26+,28+,30-,31?,33-,34+,36-,37-,38-/m0/s1. The number of likely N-dealkylation sites (tertiary alicyclic amines) is 1. The topological polar surface area (TPSA) is 58.6 Å². The van der Waals surface area contributed by atoms with Gasteiger partial charge < -0.3 is 10.1 Å². The minimum absolute atomic E-state index is 0.140. The molecule has 7 rings (SSSR count). The van der Waals surface area contributed by atoms with Crippen LogP contribution in [0.2, 0.25) is 0 Å². The van der Waals surface area contributed by atoms with E-state index in [1.54, 1.807) is 11.1 Å². The summed E-state index contributed by atoms with van der Waals surface area (Å²) >= 11 is 0. The predicted octanol–water partition coefficient (Wildman–Crippen LogP) is 6.75. The number of fused-ring (bicyclic) bond motifs is 6. The van der Waals surface area contributed by atoms with E-state index in [4.69, 9.17) is 4.74 Å². The molecule has 1 aromatic rings. The van der Waals surface area contributed by atoms with Crippen molar-refractivity contribution < 1.29 is 14.3 Å². The third-order valence-corrected chi connectivity index (χ3v) is 13.7. The zero-order valence-corrected chi connectivity index (χ0v) is 27.1. The summed E-state index contributed by atoms with van der Waals surface area (Å²) in [6, 6.07) is 10.7. The largest absolute Gasteiger partial charge is 0.365 e. The summed E-state index contributed by atoms with van der Waals surface area (Å²) in [5, 5.41) is 3.23. The molecular weight excluding hydrogens is 532 g/mol. The van der Waals surface area contributed by atoms with Crippen molar-refractivity contribution >= 4 is 11.7 Å². The summed E-state index contributed by atoms with van der Waals surface area (Å²) < 4.78 is 7.31. The van der Waals surface area contributed by atoms with E-state index in [0.717, 1.165) is 69.4 Å². The smallest absolute Gasteiger partial charge is 0.220 e. The van der Waals surface area contributed by atoms with Crippen LogP contribution in [-0.2, 0) is 20.7 Å². The first kappa shape index (κ1) is 29.7. The molecule has 5 nitrogen and oxygen atoms in total. The maximum Gasteiger partial charge on any atom is 0.220 e. The lowest BCUT2D eigenvalue weighted by Gasteiger charge is -2.52. The van der Waals surface area contributed by atoms with E-state index in [-0.39, 0.29) is 17.6 Å². The first-order chi connectivity index (χ1) is 20.7. The minimum Gasteiger partial charge on any atom is -0.365 e. The Morgan fingerprint density at radius 3 is 2.72 bits per heavy atom. The molecule has 4 aliphatic carbocycles. The number of benzene rings is 1. The Hall–Kier alpha value is -1.98. The molecule has 0 bridgehead atoms. The number of amides is 1. The van der Waals surface area contributed by atoms with E-state index in [9.17, 15) is 9.59 Å². The summed E-state index contributed by atoms with van der Waals surface area (Å²) in [5.41, 5.74) is 4.74. The molecule has 10 atom stereocenters. The molecule has 2 saturated heterocycles. The fourth-order valence-corrected chi connectivity index (χ4v) is 11.5. The van der Waals surface area contributed by atoms with Crippen LogP contribution in [0.3, 0.4) is 0 Å². The monoisotopic (exact) mass is 586 g/mol. The van der Waals surface area contributed by atoms with E-state index in [1.807, 2.05) is 18.2 Å². The van der Waals surface area contributed by atoms with Gasteiger partial charge in [0.2, 0.25) is 5.91 Å². The molecule has 2 heterocycles. The Labute approximate surface area is 259 Å². The molecule has 1 unspecified atom stereocenters. The maximum absolute atomic E-state index is 12.7. The Kier molecular flexibility index (Phi) is 7.90. The minimum atomic E-state index is -0.140. The molecule has 5 fully saturated rings. The van der Waals surface area contributed by atoms with Crippen LogP contribution in [0.25, 0.3) is 0 Å². The second kappa shape index (κ2) is 11.4. The van der Waals surface area contributed by atoms with Crippen molar-refractivity contribution in [2.24, 2.45) is 40.9 Å². The number of carbonyl (C=O) groups is 2. The number of allylic oxidation sites excluding steroid dienone is 1. The summed E-state index contributed by atoms with van der Waals surface area (Å²) in [6.45, 7) is 12.5. The van der Waals surface area contributed by atoms with Crippen LogP contribution in [0, 0.1) is 40.9 Å². The normalized spacial score (nSPS) is 42.4. The quantitative estimate of drug-likeness (QED) is 0.375. The zero-order chi connectivity index (χ0) is 29.9. The van der Waals surface area contributed by atoms with Crippen LogP contribution in [0.4, 0.5) is 0 Å². The average Bonchev–Trinajstić information content (AvgIpc) is 3.51. The van der Waals surface area contributed by atoms with Crippen molar-refractivity contribution in [3.8, 4) is 0 Å². The molecule has 234 valence electrons. The van der Waals surface area contributed by atoms with Gasteiger partial charge in [0, 0.05) is 50.9 Å². The third-order valence-electron chi connectivity index (χ3n) is 13.7. The van der Waals surface area contributed by atoms with Crippen molar-refractivity contribution in [3.05, 3.63) is 47.0 Å². The molecular formula is C38H54N2O3. The van der Waals surface area contributed by atoms with Gasteiger partial charge in [-0.05, 0) is 104 Å². The van der Waals surface area contributed by atoms with Gasteiger partial charge in [0.05, 0.1) is 11.7 Å². The van der Waals surface area contributed by atoms with E-state index in [1.165, 1.54) is 31.2 Å². The van der Waals surface area contributed by atoms with Crippen molar-refractivity contribution in [1.29, 1.82) is 0 Å². The molecule has 0 aromatic heterocycles. The number of ether oxygens (including phenoxy) is 1. The number of nitrogens with zero attached hydrogens (tertiary/aromatic N) is 1. The summed E-state index contributed by atoms with van der Waals surface area (Å²) in [5.74, 6) is 4.58. The highest BCUT2D eigenvalue weighted by atomic mass is 16.5. The number of Topliss-reactive ketones (excluding diaryl/α,β-unsaturated/α-hetero) is 1. The number of aryl methyl sites for hydroxylation is 1. The van der Waals surface area contributed by atoms with Crippen molar-refractivity contribution in [2.75, 3.05) is 19.6 Å². The van der Waals surface area contributed by atoms with E-state index >= 15 is 0 Å². The molecule has 2 aliphatic heterocycles. The maximum atomic E-state index is 12.7. The lowest BCUT2D eigenvalue weighted by atomic mass is 9.52. The van der Waals surface area contributed by atoms with Gasteiger partial charge >= 0.3 is 0 Å². The van der Waals surface area contributed by atoms with Gasteiger partial charge in [0.25, 0.3) is 0 Å². The Bertz CT molecular complexity index is 1260. The fraction of sp³-hybridized carbons (Fsp3) is 0.737. The van der Waals surface area contributed by atoms with Crippen LogP contribution in [0.1, 0.15) is 97.5 Å². The van der Waals surface area contributed by atoms with Gasteiger partial charge in [-0.1, -0.05) is 56.7 Å². The molecule has 43 heavy (non-hydrogen) atoms. The Morgan fingerprint density at radius 2 is 1.91 bits per heavy atom. The lowest BCUT2D eigenvalue weighted by molar-refractivity contribution is -0.129. The fourth-order valence-electron chi connectivity index (χ4n) is 11.5. The van der Waals surface area contributed by atoms with Gasteiger partial charge in [0.15, 0.2) is 0 Å². The molecule has 1 amide bonds. The Morgan fingerprint density at radius 1 is 1.09 bits per heavy atom. The molecule has 1 spiro atoms. The summed E-state index contributed by atoms with van der Waals surface area (Å²) in [6.07, 6.45) is 11.7. The molecule has 1 N–H and O–H groups in total. The molecule has 1 aromatic carbocycles. The number of piperidine rings is 1. The van der Waals surface area contributed by atoms with Gasteiger partial charge in [-0.25, -0.2) is 0 Å². The van der Waals surface area contributed by atoms with Gasteiger partial charge in [-0.15, -0.1) is 0 Å². The lowest BCUT2D eigenvalue weighted by Crippen LogP contribution is -2.54. The van der Waals surface area contributed by atoms with E-state index < -0.39 is 0 Å². The molecule has 0 radical (unpaired) electrons. The number of ketones is 1. The highest BCUT2D eigenvalue weighted by Crippen LogP contribution is 2.66. The molecule has 5 heteroatoms. The molecule has 3 saturated carbocycles. The predicted molar refractivity (Wildman–Crippen MR) is 170 cm³/mol. The van der Waals surface area contributed by atoms with Gasteiger partial charge in [0.1, 0.15) is 5.78 Å². The van der Waals surface area contributed by atoms with Gasteiger partial charge in [-0.3, -0.25) is 14.5 Å². The van der Waals surface area contributed by atoms with Crippen LogP contribution < -0.4 is 5.32 Å². The van der Waals surface area contributed by atoms with E-state index in [2.05, 4.69) is 50.0 Å². The number of carbonyl (C=O) groups excluding carboxylic acids is 2. The number of rotatable bonds is 6. The van der Waals surface area contributed by atoms with E-state index in [0.29, 0.717) is 48.0 Å². The number of hydrogen-bond donors (Lipinski definition) is 1. The second-order valence-corrected chi connectivity index (χ2v) is 15.8. The van der Waals surface area contributed by atoms with Crippen LogP contribution in [-0.4, -0.2) is 54.0 Å². The second-order valence-electron chi connectivity index (χ2n) is 15.8. The third kappa shape index (κ3) is 5.05. The summed E-state index contributed by atoms with van der Waals surface area (Å²) in [4.78, 5) is 27.7. The van der Waals surface area contributed by atoms with Crippen molar-refractivity contribution in [1.82, 2.24) is 10.2 Å². The van der Waals surface area contributed by atoms with Crippen molar-refractivity contribution in [3.63, 3.8) is 0 Å². The van der Waals surface area contributed by atoms with Crippen LogP contribution in [0.15, 0.2) is 41.5 Å². The average molecular weight is 587 g/mol. The Balaban J connectivity index is 1.04. The van der Waals surface area contributed by atoms with Crippen molar-refractivity contribution in [2.45, 2.75) is 116 Å². The van der Waals surface area contributed by atoms with Gasteiger partial charge in [-0.2, -0.15) is 0 Å². The zero-order valence-electron chi connectivity index (χ0n) is 27.1. The highest BCUT2D eigenvalue weighted by Gasteiger charge is 2.62. The van der Waals surface area contributed by atoms with Crippen LogP contribution >= 0.6 is 0 Å². The molecule has 6 aliphatic rings. The number of hydrogen-bond acceptors (Lipinski definition) is 4. The van der Waals surface area contributed by atoms with Crippen LogP contribution in [0.5, 0.6) is 0 Å². The first-order valence-electron chi connectivity index (χ1n) is 17.6. The first-order valence-corrected chi connectivity index (χ1v) is 17.6. The SMILES string of the molecule is CC1=C2C[C@H]3C(CC[C@@H]4CC(=O)CC[C@@]43C)[C@@H]2CC[C@]12O[C@@H]1C[C@H](C)CN(CCNC(=O)CCc3ccccc3)[C@H]1[C@H]2C.